The fraction of sp³-hybridized carbons (Fsp3) is 0.0645. The summed E-state index contributed by atoms with van der Waals surface area (Å²) in [6, 6.07) is 22.4. The van der Waals surface area contributed by atoms with E-state index in [0.717, 1.165) is 40.4 Å². The van der Waals surface area contributed by atoms with Crippen LogP contribution >= 0.6 is 0 Å². The van der Waals surface area contributed by atoms with E-state index in [1.54, 1.807) is 0 Å². The first-order chi connectivity index (χ1) is 17.3. The van der Waals surface area contributed by atoms with Crippen LogP contribution in [0.25, 0.3) is 60.6 Å². The number of aromatic nitrogens is 4. The highest BCUT2D eigenvalue weighted by Gasteiger charge is 2.28. The van der Waals surface area contributed by atoms with Crippen LogP contribution in [0.5, 0.6) is 0 Å². The fourth-order valence-corrected chi connectivity index (χ4v) is 6.52. The molecule has 4 nitrogen and oxygen atoms in total. The van der Waals surface area contributed by atoms with Gasteiger partial charge in [0.1, 0.15) is 11.2 Å². The first-order valence-electron chi connectivity index (χ1n) is 12.0. The minimum absolute atomic E-state index is 0.914. The van der Waals surface area contributed by atoms with Gasteiger partial charge in [0.05, 0.1) is 17.2 Å². The number of benzene rings is 3. The molecule has 4 heteroatoms. The molecule has 2 aliphatic rings. The van der Waals surface area contributed by atoms with Crippen LogP contribution in [0.15, 0.2) is 85.5 Å². The van der Waals surface area contributed by atoms with E-state index in [4.69, 9.17) is 4.98 Å². The van der Waals surface area contributed by atoms with E-state index < -0.39 is 0 Å². The van der Waals surface area contributed by atoms with E-state index in [-0.39, 0.29) is 0 Å². The van der Waals surface area contributed by atoms with Gasteiger partial charge in [-0.25, -0.2) is 4.98 Å². The van der Waals surface area contributed by atoms with E-state index in [1.165, 1.54) is 55.3 Å². The second-order valence-corrected chi connectivity index (χ2v) is 9.71. The highest BCUT2D eigenvalue weighted by Crippen LogP contribution is 2.48. The zero-order chi connectivity index (χ0) is 22.7. The summed E-state index contributed by atoms with van der Waals surface area (Å²) >= 11 is 0. The van der Waals surface area contributed by atoms with Crippen molar-refractivity contribution in [1.29, 1.82) is 0 Å². The van der Waals surface area contributed by atoms with Crippen LogP contribution in [0.2, 0.25) is 0 Å². The van der Waals surface area contributed by atoms with Crippen LogP contribution in [0.4, 0.5) is 0 Å². The van der Waals surface area contributed by atoms with Gasteiger partial charge in [0, 0.05) is 29.4 Å². The van der Waals surface area contributed by atoms with E-state index in [9.17, 15) is 0 Å². The Bertz CT molecular complexity index is 2070. The van der Waals surface area contributed by atoms with Crippen molar-refractivity contribution in [3.05, 3.63) is 108 Å². The number of imidazole rings is 1. The molecule has 4 heterocycles. The lowest BCUT2D eigenvalue weighted by molar-refractivity contribution is 1.16. The van der Waals surface area contributed by atoms with Gasteiger partial charge in [0.2, 0.25) is 0 Å². The summed E-state index contributed by atoms with van der Waals surface area (Å²) in [7, 11) is 0. The first-order valence-corrected chi connectivity index (χ1v) is 12.0. The Morgan fingerprint density at radius 1 is 0.600 bits per heavy atom. The Labute approximate surface area is 200 Å². The summed E-state index contributed by atoms with van der Waals surface area (Å²) in [5.41, 5.74) is 15.4. The van der Waals surface area contributed by atoms with Gasteiger partial charge in [-0.3, -0.25) is 14.4 Å². The topological polar surface area (TPSA) is 43.1 Å². The highest BCUT2D eigenvalue weighted by molar-refractivity contribution is 6.15. The Kier molecular flexibility index (Phi) is 3.11. The standard InChI is InChI=1S/C31H18N4/c1-2-4-19-17(3-1)11-23-20(19)5-6-21-22-14-25-26(13-18(22)12-24(21)23)31-34-28-16-33-10-8-30(28)35(31)29-7-9-32-15-27(25)29/h1-10,13-16H,11-12H2. The number of hydrogen-bond acceptors (Lipinski definition) is 3. The molecular formula is C31H18N4. The van der Waals surface area contributed by atoms with Gasteiger partial charge in [-0.2, -0.15) is 0 Å². The number of nitrogens with zero attached hydrogens (tertiary/aromatic N) is 4. The first kappa shape index (κ1) is 17.8. The molecule has 3 aromatic carbocycles. The molecule has 0 radical (unpaired) electrons. The normalized spacial score (nSPS) is 13.5. The number of pyridine rings is 3. The Morgan fingerprint density at radius 3 is 2.29 bits per heavy atom. The van der Waals surface area contributed by atoms with Crippen molar-refractivity contribution in [2.45, 2.75) is 12.8 Å². The molecule has 0 N–H and O–H groups in total. The lowest BCUT2D eigenvalue weighted by Crippen LogP contribution is -1.93. The summed E-state index contributed by atoms with van der Waals surface area (Å²) in [4.78, 5) is 13.8. The zero-order valence-corrected chi connectivity index (χ0v) is 18.8. The average molecular weight is 447 g/mol. The fourth-order valence-electron chi connectivity index (χ4n) is 6.52. The van der Waals surface area contributed by atoms with E-state index in [0.29, 0.717) is 0 Å². The molecule has 35 heavy (non-hydrogen) atoms. The van der Waals surface area contributed by atoms with Crippen molar-refractivity contribution >= 4 is 38.4 Å². The lowest BCUT2D eigenvalue weighted by Gasteiger charge is -2.11. The smallest absolute Gasteiger partial charge is 0.146 e. The summed E-state index contributed by atoms with van der Waals surface area (Å²) in [6.07, 6.45) is 9.54. The van der Waals surface area contributed by atoms with Crippen LogP contribution in [0.3, 0.4) is 0 Å². The largest absolute Gasteiger partial charge is 0.291 e. The molecule has 0 spiro atoms. The predicted octanol–water partition coefficient (Wildman–Crippen LogP) is 6.73. The second kappa shape index (κ2) is 6.10. The zero-order valence-electron chi connectivity index (χ0n) is 18.8. The molecule has 9 rings (SSSR count). The van der Waals surface area contributed by atoms with Gasteiger partial charge in [-0.1, -0.05) is 36.4 Å². The molecule has 0 amide bonds. The third kappa shape index (κ3) is 2.15. The summed E-state index contributed by atoms with van der Waals surface area (Å²) in [5.74, 6) is 0. The molecule has 0 unspecified atom stereocenters. The molecule has 0 saturated heterocycles. The molecule has 162 valence electrons. The Morgan fingerprint density at radius 2 is 1.37 bits per heavy atom. The van der Waals surface area contributed by atoms with Crippen LogP contribution in [0, 0.1) is 0 Å². The summed E-state index contributed by atoms with van der Waals surface area (Å²) < 4.78 is 2.26. The Balaban J connectivity index is 1.38. The van der Waals surface area contributed by atoms with Crippen molar-refractivity contribution in [3.8, 4) is 22.3 Å². The quantitative estimate of drug-likeness (QED) is 0.243. The third-order valence-electron chi connectivity index (χ3n) is 8.03. The maximum absolute atomic E-state index is 5.03. The highest BCUT2D eigenvalue weighted by atomic mass is 15.0. The van der Waals surface area contributed by atoms with Crippen LogP contribution in [-0.4, -0.2) is 19.4 Å². The molecule has 0 fully saturated rings. The van der Waals surface area contributed by atoms with E-state index in [2.05, 4.69) is 69.0 Å². The minimum atomic E-state index is 0.914. The molecular weight excluding hydrogens is 428 g/mol. The molecule has 0 aliphatic heterocycles. The van der Waals surface area contributed by atoms with Gasteiger partial charge in [0.15, 0.2) is 0 Å². The molecule has 7 aromatic rings. The summed E-state index contributed by atoms with van der Waals surface area (Å²) in [5, 5.41) is 3.53. The van der Waals surface area contributed by atoms with Gasteiger partial charge < -0.3 is 0 Å². The minimum Gasteiger partial charge on any atom is -0.291 e. The monoisotopic (exact) mass is 446 g/mol. The van der Waals surface area contributed by atoms with Crippen molar-refractivity contribution in [2.75, 3.05) is 0 Å². The van der Waals surface area contributed by atoms with Crippen molar-refractivity contribution in [3.63, 3.8) is 0 Å². The van der Waals surface area contributed by atoms with Crippen LogP contribution < -0.4 is 0 Å². The molecule has 0 atom stereocenters. The number of rotatable bonds is 0. The Hall–Kier alpha value is -4.57. The average Bonchev–Trinajstić information content (AvgIpc) is 3.59. The predicted molar refractivity (Wildman–Crippen MR) is 140 cm³/mol. The van der Waals surface area contributed by atoms with Crippen molar-refractivity contribution < 1.29 is 0 Å². The molecule has 0 saturated carbocycles. The van der Waals surface area contributed by atoms with Crippen molar-refractivity contribution in [1.82, 2.24) is 19.4 Å². The van der Waals surface area contributed by atoms with Crippen LogP contribution in [-0.2, 0) is 12.8 Å². The third-order valence-corrected chi connectivity index (χ3v) is 8.03. The van der Waals surface area contributed by atoms with E-state index >= 15 is 0 Å². The van der Waals surface area contributed by atoms with Crippen molar-refractivity contribution in [2.24, 2.45) is 0 Å². The lowest BCUT2D eigenvalue weighted by atomic mass is 9.96. The van der Waals surface area contributed by atoms with Gasteiger partial charge in [-0.15, -0.1) is 0 Å². The van der Waals surface area contributed by atoms with Gasteiger partial charge >= 0.3 is 0 Å². The number of hydrogen-bond donors (Lipinski definition) is 0. The van der Waals surface area contributed by atoms with Gasteiger partial charge in [-0.05, 0) is 87.0 Å². The second-order valence-electron chi connectivity index (χ2n) is 9.71. The van der Waals surface area contributed by atoms with Crippen LogP contribution in [0.1, 0.15) is 22.3 Å². The maximum Gasteiger partial charge on any atom is 0.146 e. The maximum atomic E-state index is 5.03. The summed E-state index contributed by atoms with van der Waals surface area (Å²) in [6.45, 7) is 0. The molecule has 4 aromatic heterocycles. The van der Waals surface area contributed by atoms with E-state index in [1.807, 2.05) is 30.9 Å². The number of fused-ring (bicyclic) bond motifs is 15. The van der Waals surface area contributed by atoms with Gasteiger partial charge in [0.25, 0.3) is 0 Å². The molecule has 2 aliphatic carbocycles. The SMILES string of the molecule is c1ccc2c(c1)Cc1c-2ccc2c1Cc1cc3c(cc1-2)c1cnccc1n1c2ccncc2nc31. The molecule has 0 bridgehead atoms.